The molecule has 1 aliphatic carbocycles. The number of nitrogens with one attached hydrogen (secondary N) is 1. The van der Waals surface area contributed by atoms with Gasteiger partial charge in [-0.2, -0.15) is 0 Å². The third-order valence-corrected chi connectivity index (χ3v) is 3.04. The Morgan fingerprint density at radius 2 is 2.44 bits per heavy atom. The van der Waals surface area contributed by atoms with Gasteiger partial charge < -0.3 is 14.6 Å². The summed E-state index contributed by atoms with van der Waals surface area (Å²) in [6.45, 7) is 3.85. The number of aromatic nitrogens is 2. The highest BCUT2D eigenvalue weighted by molar-refractivity contribution is 4.96. The van der Waals surface area contributed by atoms with Crippen molar-refractivity contribution < 1.29 is 4.74 Å². The van der Waals surface area contributed by atoms with Crippen LogP contribution in [0.5, 0.6) is 0 Å². The Bertz CT molecular complexity index is 320. The minimum Gasteiger partial charge on any atom is -0.382 e. The van der Waals surface area contributed by atoms with Crippen LogP contribution in [0.15, 0.2) is 12.4 Å². The number of aryl methyl sites for hydroxylation is 1. The first-order valence-corrected chi connectivity index (χ1v) is 6.09. The van der Waals surface area contributed by atoms with Crippen LogP contribution < -0.4 is 5.32 Å². The molecule has 4 heteroatoms. The van der Waals surface area contributed by atoms with E-state index >= 15 is 0 Å². The van der Waals surface area contributed by atoms with Crippen molar-refractivity contribution in [3.8, 4) is 0 Å². The van der Waals surface area contributed by atoms with E-state index in [0.717, 1.165) is 31.4 Å². The SMILES string of the molecule is CCc1nccn1C(CNC1CC1)COC. The lowest BCUT2D eigenvalue weighted by atomic mass is 10.3. The summed E-state index contributed by atoms with van der Waals surface area (Å²) in [4.78, 5) is 4.36. The maximum Gasteiger partial charge on any atom is 0.108 e. The fourth-order valence-corrected chi connectivity index (χ4v) is 1.97. The van der Waals surface area contributed by atoms with Gasteiger partial charge in [0.25, 0.3) is 0 Å². The molecule has 0 aromatic carbocycles. The molecule has 1 aromatic rings. The lowest BCUT2D eigenvalue weighted by molar-refractivity contribution is 0.152. The molecule has 0 amide bonds. The van der Waals surface area contributed by atoms with Crippen molar-refractivity contribution in [1.82, 2.24) is 14.9 Å². The van der Waals surface area contributed by atoms with E-state index in [-0.39, 0.29) is 0 Å². The van der Waals surface area contributed by atoms with Crippen molar-refractivity contribution in [2.75, 3.05) is 20.3 Å². The van der Waals surface area contributed by atoms with E-state index < -0.39 is 0 Å². The van der Waals surface area contributed by atoms with E-state index in [1.165, 1.54) is 12.8 Å². The van der Waals surface area contributed by atoms with Gasteiger partial charge in [-0.25, -0.2) is 4.98 Å². The van der Waals surface area contributed by atoms with Gasteiger partial charge in [0.05, 0.1) is 12.6 Å². The van der Waals surface area contributed by atoms with E-state index in [1.807, 2.05) is 6.20 Å². The second-order valence-electron chi connectivity index (χ2n) is 4.40. The summed E-state index contributed by atoms with van der Waals surface area (Å²) in [7, 11) is 1.76. The third kappa shape index (κ3) is 2.83. The first-order valence-electron chi connectivity index (χ1n) is 6.09. The topological polar surface area (TPSA) is 39.1 Å². The van der Waals surface area contributed by atoms with E-state index in [4.69, 9.17) is 4.74 Å². The number of hydrogen-bond acceptors (Lipinski definition) is 3. The quantitative estimate of drug-likeness (QED) is 0.759. The van der Waals surface area contributed by atoms with Gasteiger partial charge in [0.1, 0.15) is 5.82 Å². The molecule has 0 bridgehead atoms. The monoisotopic (exact) mass is 223 g/mol. The van der Waals surface area contributed by atoms with Crippen molar-refractivity contribution in [3.05, 3.63) is 18.2 Å². The summed E-state index contributed by atoms with van der Waals surface area (Å²) in [5, 5.41) is 3.55. The Morgan fingerprint density at radius 1 is 1.62 bits per heavy atom. The van der Waals surface area contributed by atoms with Gasteiger partial charge >= 0.3 is 0 Å². The number of imidazole rings is 1. The lowest BCUT2D eigenvalue weighted by Crippen LogP contribution is -2.30. The molecular formula is C12H21N3O. The first-order chi connectivity index (χ1) is 7.85. The fraction of sp³-hybridized carbons (Fsp3) is 0.750. The number of methoxy groups -OCH3 is 1. The predicted molar refractivity (Wildman–Crippen MR) is 63.5 cm³/mol. The summed E-state index contributed by atoms with van der Waals surface area (Å²) in [6, 6.07) is 1.11. The van der Waals surface area contributed by atoms with Crippen LogP contribution in [0.1, 0.15) is 31.6 Å². The Labute approximate surface area is 97.0 Å². The Hall–Kier alpha value is -0.870. The molecule has 1 unspecified atom stereocenters. The summed E-state index contributed by atoms with van der Waals surface area (Å²) >= 11 is 0. The zero-order valence-corrected chi connectivity index (χ0v) is 10.1. The van der Waals surface area contributed by atoms with Gasteiger partial charge in [0, 0.05) is 38.5 Å². The van der Waals surface area contributed by atoms with Crippen LogP contribution in [0.2, 0.25) is 0 Å². The van der Waals surface area contributed by atoms with Crippen molar-refractivity contribution >= 4 is 0 Å². The van der Waals surface area contributed by atoms with Crippen molar-refractivity contribution in [1.29, 1.82) is 0 Å². The Morgan fingerprint density at radius 3 is 3.06 bits per heavy atom. The molecule has 1 aliphatic rings. The van der Waals surface area contributed by atoms with Crippen molar-refractivity contribution in [2.45, 2.75) is 38.3 Å². The van der Waals surface area contributed by atoms with Gasteiger partial charge in [-0.05, 0) is 12.8 Å². The average Bonchev–Trinajstić information content (AvgIpc) is 3.00. The molecule has 0 radical (unpaired) electrons. The molecular weight excluding hydrogens is 202 g/mol. The minimum atomic E-state index is 0.364. The molecule has 1 saturated carbocycles. The maximum atomic E-state index is 5.29. The number of ether oxygens (including phenoxy) is 1. The van der Waals surface area contributed by atoms with E-state index in [2.05, 4.69) is 28.0 Å². The molecule has 1 atom stereocenters. The number of rotatable bonds is 7. The van der Waals surface area contributed by atoms with Crippen LogP contribution in [-0.4, -0.2) is 35.9 Å². The molecule has 0 aliphatic heterocycles. The molecule has 16 heavy (non-hydrogen) atoms. The third-order valence-electron chi connectivity index (χ3n) is 3.04. The second kappa shape index (κ2) is 5.46. The first kappa shape index (κ1) is 11.6. The van der Waals surface area contributed by atoms with Crippen LogP contribution in [0.3, 0.4) is 0 Å². The van der Waals surface area contributed by atoms with Crippen molar-refractivity contribution in [3.63, 3.8) is 0 Å². The standard InChI is InChI=1S/C12H21N3O/c1-3-12-13-6-7-15(12)11(9-16-2)8-14-10-4-5-10/h6-7,10-11,14H,3-5,8-9H2,1-2H3. The molecule has 2 rings (SSSR count). The molecule has 4 nitrogen and oxygen atoms in total. The highest BCUT2D eigenvalue weighted by Gasteiger charge is 2.22. The van der Waals surface area contributed by atoms with Crippen LogP contribution in [0.25, 0.3) is 0 Å². The van der Waals surface area contributed by atoms with Crippen LogP contribution in [0.4, 0.5) is 0 Å². The lowest BCUT2D eigenvalue weighted by Gasteiger charge is -2.20. The number of hydrogen-bond donors (Lipinski definition) is 1. The summed E-state index contributed by atoms with van der Waals surface area (Å²) in [5.41, 5.74) is 0. The summed E-state index contributed by atoms with van der Waals surface area (Å²) in [6.07, 6.45) is 7.54. The average molecular weight is 223 g/mol. The van der Waals surface area contributed by atoms with Crippen molar-refractivity contribution in [2.24, 2.45) is 0 Å². The number of nitrogens with zero attached hydrogens (tertiary/aromatic N) is 2. The van der Waals surface area contributed by atoms with Gasteiger partial charge in [-0.15, -0.1) is 0 Å². The minimum absolute atomic E-state index is 0.364. The Balaban J connectivity index is 1.98. The molecule has 1 fully saturated rings. The largest absolute Gasteiger partial charge is 0.382 e. The smallest absolute Gasteiger partial charge is 0.108 e. The molecule has 0 saturated heterocycles. The van der Waals surface area contributed by atoms with Gasteiger partial charge in [0.15, 0.2) is 0 Å². The normalized spacial score (nSPS) is 17.6. The highest BCUT2D eigenvalue weighted by Crippen LogP contribution is 2.20. The van der Waals surface area contributed by atoms with Crippen LogP contribution in [0, 0.1) is 0 Å². The van der Waals surface area contributed by atoms with E-state index in [0.29, 0.717) is 6.04 Å². The van der Waals surface area contributed by atoms with Gasteiger partial charge in [0.2, 0.25) is 0 Å². The molecule has 0 spiro atoms. The maximum absolute atomic E-state index is 5.29. The van der Waals surface area contributed by atoms with Crippen LogP contribution in [-0.2, 0) is 11.2 Å². The zero-order valence-electron chi connectivity index (χ0n) is 10.1. The highest BCUT2D eigenvalue weighted by atomic mass is 16.5. The predicted octanol–water partition coefficient (Wildman–Crippen LogP) is 1.38. The molecule has 1 N–H and O–H groups in total. The summed E-state index contributed by atoms with van der Waals surface area (Å²) < 4.78 is 7.53. The van der Waals surface area contributed by atoms with E-state index in [1.54, 1.807) is 7.11 Å². The Kier molecular flexibility index (Phi) is 3.96. The summed E-state index contributed by atoms with van der Waals surface area (Å²) in [5.74, 6) is 1.14. The molecule has 1 heterocycles. The van der Waals surface area contributed by atoms with Gasteiger partial charge in [-0.3, -0.25) is 0 Å². The fourth-order valence-electron chi connectivity index (χ4n) is 1.97. The van der Waals surface area contributed by atoms with E-state index in [9.17, 15) is 0 Å². The molecule has 1 aromatic heterocycles. The second-order valence-corrected chi connectivity index (χ2v) is 4.40. The zero-order chi connectivity index (χ0) is 11.4. The van der Waals surface area contributed by atoms with Gasteiger partial charge in [-0.1, -0.05) is 6.92 Å². The molecule has 90 valence electrons. The van der Waals surface area contributed by atoms with Crippen LogP contribution >= 0.6 is 0 Å².